The highest BCUT2D eigenvalue weighted by Gasteiger charge is 2.60. The van der Waals surface area contributed by atoms with Crippen LogP contribution in [0.15, 0.2) is 54.9 Å². The molecular formula is C32H50N7O4+. The van der Waals surface area contributed by atoms with Gasteiger partial charge in [-0.2, -0.15) is 0 Å². The highest BCUT2D eigenvalue weighted by atomic mass is 16.3. The molecule has 4 rings (SSSR count). The molecule has 236 valence electrons. The smallest absolute Gasteiger partial charge is 0.251 e. The van der Waals surface area contributed by atoms with Crippen molar-refractivity contribution in [1.29, 1.82) is 0 Å². The maximum atomic E-state index is 13.3. The summed E-state index contributed by atoms with van der Waals surface area (Å²) in [6.07, 6.45) is 6.52. The fourth-order valence-corrected chi connectivity index (χ4v) is 6.10. The number of amides is 3. The molecule has 0 saturated carbocycles. The van der Waals surface area contributed by atoms with Gasteiger partial charge in [-0.3, -0.25) is 25.1 Å². The van der Waals surface area contributed by atoms with Crippen molar-refractivity contribution in [3.05, 3.63) is 71.6 Å². The number of fused-ring (bicyclic) bond motifs is 2. The first kappa shape index (κ1) is 35.1. The molecule has 11 heteroatoms. The molecule has 43 heavy (non-hydrogen) atoms. The Labute approximate surface area is 255 Å². The minimum absolute atomic E-state index is 0. The molecule has 2 heterocycles. The summed E-state index contributed by atoms with van der Waals surface area (Å²) in [6.45, 7) is 14.1. The first-order valence-corrected chi connectivity index (χ1v) is 14.4. The summed E-state index contributed by atoms with van der Waals surface area (Å²) < 4.78 is 0. The van der Waals surface area contributed by atoms with Crippen molar-refractivity contribution in [2.75, 3.05) is 13.6 Å². The number of benzene rings is 1. The van der Waals surface area contributed by atoms with Crippen molar-refractivity contribution in [3.63, 3.8) is 0 Å². The topological polar surface area (TPSA) is 177 Å². The van der Waals surface area contributed by atoms with E-state index >= 15 is 0 Å². The van der Waals surface area contributed by atoms with Crippen LogP contribution in [0.5, 0.6) is 0 Å². The standard InChI is InChI=1S/C24H35N5O2.C7H10N2O2.CH4/c1-5-20(25)28-21-14(2)26-15(3)29-13-19(22(30)24(21,29)4)27-23(31)18-12-8-10-16-9-6-7-11-17(16)18;1-5(7(11)9-2)3-4-6(8)10;/h8,10,12,14,19,21-22,26,30H,3,5-7,9,11,13H2,1-2,4H3,(H2,25,28)(H,27,31);3-4H,1H2,2H3,(H2,8,10)(H,9,11);1H4/p+1/b;4-3-;/t14?,19?,21-,22?,24?;;/m0../s1. The molecule has 4 unspecified atom stereocenters. The van der Waals surface area contributed by atoms with E-state index < -0.39 is 23.6 Å². The van der Waals surface area contributed by atoms with Crippen molar-refractivity contribution in [1.82, 2.24) is 20.9 Å². The third kappa shape index (κ3) is 7.64. The Bertz CT molecular complexity index is 1290. The van der Waals surface area contributed by atoms with Crippen molar-refractivity contribution < 1.29 is 24.5 Å². The lowest BCUT2D eigenvalue weighted by atomic mass is 9.80. The first-order valence-electron chi connectivity index (χ1n) is 14.4. The van der Waals surface area contributed by atoms with Crippen LogP contribution in [-0.4, -0.2) is 76.9 Å². The third-order valence-electron chi connectivity index (χ3n) is 8.44. The van der Waals surface area contributed by atoms with Crippen molar-refractivity contribution in [2.45, 2.75) is 90.1 Å². The van der Waals surface area contributed by atoms with Crippen LogP contribution >= 0.6 is 0 Å². The second kappa shape index (κ2) is 14.9. The van der Waals surface area contributed by atoms with Crippen LogP contribution in [0.2, 0.25) is 0 Å². The van der Waals surface area contributed by atoms with Crippen LogP contribution in [-0.2, 0) is 22.4 Å². The molecule has 9 N–H and O–H groups in total. The molecule has 0 aromatic heterocycles. The second-order valence-corrected chi connectivity index (χ2v) is 11.2. The molecule has 1 aromatic carbocycles. The van der Waals surface area contributed by atoms with Crippen LogP contribution in [0.3, 0.4) is 0 Å². The summed E-state index contributed by atoms with van der Waals surface area (Å²) in [5.74, 6) is 0.401. The monoisotopic (exact) mass is 596 g/mol. The van der Waals surface area contributed by atoms with Gasteiger partial charge in [0, 0.05) is 37.2 Å². The molecule has 0 bridgehead atoms. The molecule has 0 spiro atoms. The number of hydrogen-bond acceptors (Lipinski definition) is 6. The van der Waals surface area contributed by atoms with Crippen molar-refractivity contribution >= 4 is 23.6 Å². The lowest BCUT2D eigenvalue weighted by Crippen LogP contribution is -2.94. The number of nitrogens with two attached hydrogens (primary N) is 2. The Morgan fingerprint density at radius 1 is 1.23 bits per heavy atom. The summed E-state index contributed by atoms with van der Waals surface area (Å²) in [7, 11) is 1.48. The second-order valence-electron chi connectivity index (χ2n) is 11.2. The fourth-order valence-electron chi connectivity index (χ4n) is 6.10. The number of hydrogen-bond donors (Lipinski definition) is 7. The Morgan fingerprint density at radius 3 is 2.53 bits per heavy atom. The SMILES string of the molecule is C.C=C(/C=C\C(N)=O)C(=O)NC.C=C1NC(C)[C@H]([NH+]=C(N)CC)C2(C)C(O)C(NC(=O)c3cccc4c3CCCC4)CN12. The van der Waals surface area contributed by atoms with Gasteiger partial charge >= 0.3 is 0 Å². The van der Waals surface area contributed by atoms with Crippen LogP contribution < -0.4 is 32.4 Å². The maximum Gasteiger partial charge on any atom is 0.251 e. The quantitative estimate of drug-likeness (QED) is 0.0982. The number of aliphatic hydroxyl groups excluding tert-OH is 1. The van der Waals surface area contributed by atoms with Gasteiger partial charge in [-0.15, -0.1) is 0 Å². The molecule has 11 nitrogen and oxygen atoms in total. The first-order chi connectivity index (χ1) is 19.8. The van der Waals surface area contributed by atoms with E-state index in [0.717, 1.165) is 42.3 Å². The van der Waals surface area contributed by atoms with Crippen LogP contribution in [0.25, 0.3) is 0 Å². The molecule has 3 amide bonds. The van der Waals surface area contributed by atoms with Gasteiger partial charge in [-0.25, -0.2) is 0 Å². The Morgan fingerprint density at radius 2 is 1.91 bits per heavy atom. The molecule has 2 aliphatic heterocycles. The highest BCUT2D eigenvalue weighted by Crippen LogP contribution is 2.38. The van der Waals surface area contributed by atoms with Gasteiger partial charge in [-0.1, -0.05) is 39.6 Å². The molecular weight excluding hydrogens is 546 g/mol. The number of aryl methyl sites for hydroxylation is 1. The average Bonchev–Trinajstić information content (AvgIpc) is 3.23. The van der Waals surface area contributed by atoms with Crippen molar-refractivity contribution in [3.8, 4) is 0 Å². The van der Waals surface area contributed by atoms with Gasteiger partial charge in [0.15, 0.2) is 0 Å². The van der Waals surface area contributed by atoms with Crippen LogP contribution in [0, 0.1) is 0 Å². The van der Waals surface area contributed by atoms with E-state index in [2.05, 4.69) is 52.0 Å². The van der Waals surface area contributed by atoms with E-state index in [1.807, 2.05) is 26.0 Å². The molecule has 1 aromatic rings. The zero-order chi connectivity index (χ0) is 31.2. The number of rotatable bonds is 7. The van der Waals surface area contributed by atoms with Crippen LogP contribution in [0.1, 0.15) is 68.9 Å². The fraction of sp³-hybridized carbons (Fsp3) is 0.500. The lowest BCUT2D eigenvalue weighted by molar-refractivity contribution is -0.532. The van der Waals surface area contributed by atoms with E-state index in [1.165, 1.54) is 25.1 Å². The molecule has 0 radical (unpaired) electrons. The number of aliphatic hydroxyl groups is 1. The van der Waals surface area contributed by atoms with E-state index in [1.54, 1.807) is 0 Å². The molecule has 1 aliphatic carbocycles. The van der Waals surface area contributed by atoms with Gasteiger partial charge < -0.3 is 31.7 Å². The van der Waals surface area contributed by atoms with Gasteiger partial charge in [0.2, 0.25) is 17.6 Å². The Balaban J connectivity index is 0.000000461. The van der Waals surface area contributed by atoms with E-state index in [4.69, 9.17) is 11.5 Å². The van der Waals surface area contributed by atoms with Gasteiger partial charge in [0.25, 0.3) is 5.91 Å². The molecule has 5 atom stereocenters. The summed E-state index contributed by atoms with van der Waals surface area (Å²) in [5.41, 5.74) is 13.6. The summed E-state index contributed by atoms with van der Waals surface area (Å²) in [6, 6.07) is 5.46. The maximum absolute atomic E-state index is 13.3. The van der Waals surface area contributed by atoms with Gasteiger partial charge in [0.1, 0.15) is 17.7 Å². The minimum atomic E-state index is -0.778. The van der Waals surface area contributed by atoms with E-state index in [0.29, 0.717) is 18.8 Å². The summed E-state index contributed by atoms with van der Waals surface area (Å²) in [4.78, 5) is 39.6. The number of carbonyl (C=O) groups is 3. The van der Waals surface area contributed by atoms with Gasteiger partial charge in [0.05, 0.1) is 17.9 Å². The zero-order valence-corrected chi connectivity index (χ0v) is 25.1. The number of carbonyl (C=O) groups excluding carboxylic acids is 3. The molecule has 2 saturated heterocycles. The number of amidine groups is 1. The normalized spacial score (nSPS) is 26.1. The van der Waals surface area contributed by atoms with Crippen molar-refractivity contribution in [2.24, 2.45) is 11.5 Å². The lowest BCUT2D eigenvalue weighted by Gasteiger charge is -2.49. The number of likely N-dealkylation sites (N-methyl/N-ethyl adjacent to an activating group) is 1. The van der Waals surface area contributed by atoms with Crippen LogP contribution in [0.4, 0.5) is 0 Å². The number of nitrogens with one attached hydrogen (secondary N) is 4. The number of nitrogens with zero attached hydrogens (tertiary/aromatic N) is 1. The molecule has 3 aliphatic rings. The Kier molecular flexibility index (Phi) is 12.1. The molecule has 2 fully saturated rings. The van der Waals surface area contributed by atoms with Gasteiger partial charge in [-0.05, 0) is 62.8 Å². The zero-order valence-electron chi connectivity index (χ0n) is 25.1. The summed E-state index contributed by atoms with van der Waals surface area (Å²) >= 11 is 0. The third-order valence-corrected chi connectivity index (χ3v) is 8.44. The van der Waals surface area contributed by atoms with E-state index in [9.17, 15) is 19.5 Å². The summed E-state index contributed by atoms with van der Waals surface area (Å²) in [5, 5.41) is 20.3. The number of primary amides is 1. The predicted molar refractivity (Wildman–Crippen MR) is 170 cm³/mol. The Hall–Kier alpha value is -4.12. The average molecular weight is 597 g/mol. The predicted octanol–water partition coefficient (Wildman–Crippen LogP) is -0.255. The minimum Gasteiger partial charge on any atom is -0.388 e. The highest BCUT2D eigenvalue weighted by molar-refractivity contribution is 5.97. The van der Waals surface area contributed by atoms with E-state index in [-0.39, 0.29) is 36.9 Å². The largest absolute Gasteiger partial charge is 0.388 e.